The molecule has 2 amide bonds. The van der Waals surface area contributed by atoms with Gasteiger partial charge in [-0.15, -0.1) is 0 Å². The number of carboxylic acids is 1. The van der Waals surface area contributed by atoms with Gasteiger partial charge in [-0.1, -0.05) is 41.4 Å². The summed E-state index contributed by atoms with van der Waals surface area (Å²) in [7, 11) is 0. The number of amides is 2. The summed E-state index contributed by atoms with van der Waals surface area (Å²) in [5, 5.41) is 14.8. The fourth-order valence-electron chi connectivity index (χ4n) is 3.92. The Balaban J connectivity index is 1.32. The van der Waals surface area contributed by atoms with E-state index in [0.717, 1.165) is 0 Å². The van der Waals surface area contributed by atoms with Crippen molar-refractivity contribution in [2.45, 2.75) is 31.3 Å². The van der Waals surface area contributed by atoms with E-state index in [1.54, 1.807) is 47.5 Å². The molecule has 3 unspecified atom stereocenters. The molecule has 38 heavy (non-hydrogen) atoms. The fraction of sp³-hybridized carbons (Fsp3) is 0.400. The monoisotopic (exact) mass is 567 g/mol. The summed E-state index contributed by atoms with van der Waals surface area (Å²) in [4.78, 5) is 37.4. The molecule has 13 heteroatoms. The highest BCUT2D eigenvalue weighted by molar-refractivity contribution is 6.35. The molecule has 2 saturated heterocycles. The maximum Gasteiger partial charge on any atom is 0.326 e. The molecular formula is C25H27Cl2N3O8. The highest BCUT2D eigenvalue weighted by atomic mass is 35.5. The third kappa shape index (κ3) is 7.34. The third-order valence-corrected chi connectivity index (χ3v) is 6.70. The second kappa shape index (κ2) is 13.2. The molecule has 2 heterocycles. The van der Waals surface area contributed by atoms with E-state index in [9.17, 15) is 19.5 Å². The van der Waals surface area contributed by atoms with Crippen LogP contribution in [0.2, 0.25) is 10.0 Å². The zero-order valence-electron chi connectivity index (χ0n) is 20.2. The minimum absolute atomic E-state index is 0.00405. The van der Waals surface area contributed by atoms with E-state index < -0.39 is 36.0 Å². The number of benzene rings is 2. The van der Waals surface area contributed by atoms with Gasteiger partial charge in [0.1, 0.15) is 25.2 Å². The molecule has 2 aromatic carbocycles. The van der Waals surface area contributed by atoms with Crippen LogP contribution in [0.1, 0.15) is 11.1 Å². The minimum atomic E-state index is -1.29. The number of hydrogen-bond acceptors (Lipinski definition) is 8. The van der Waals surface area contributed by atoms with E-state index in [1.165, 1.54) is 0 Å². The van der Waals surface area contributed by atoms with E-state index in [4.69, 9.17) is 42.1 Å². The van der Waals surface area contributed by atoms with E-state index in [1.807, 2.05) is 0 Å². The highest BCUT2D eigenvalue weighted by Gasteiger charge is 2.42. The van der Waals surface area contributed by atoms with Gasteiger partial charge in [0.2, 0.25) is 0 Å². The number of nitrogens with one attached hydrogen (secondary N) is 2. The number of morpholine rings is 1. The molecule has 11 nitrogen and oxygen atoms in total. The maximum absolute atomic E-state index is 12.9. The normalized spacial score (nSPS) is 20.5. The molecule has 3 N–H and O–H groups in total. The second-order valence-electron chi connectivity index (χ2n) is 8.60. The molecular weight excluding hydrogens is 541 g/mol. The SMILES string of the molecule is O=C(O)C(Cc1ccc(OCc2c(Cl)cccc2Cl)cc1)NC(=O)C1OCOC1C(=O)NN1CCOCC1. The first kappa shape index (κ1) is 28.1. The molecule has 2 aliphatic heterocycles. The number of aliphatic carboxylic acids is 1. The van der Waals surface area contributed by atoms with E-state index in [0.29, 0.717) is 53.2 Å². The van der Waals surface area contributed by atoms with Crippen molar-refractivity contribution in [3.63, 3.8) is 0 Å². The predicted molar refractivity (Wildman–Crippen MR) is 136 cm³/mol. The molecule has 0 spiro atoms. The Morgan fingerprint density at radius 1 is 1.00 bits per heavy atom. The van der Waals surface area contributed by atoms with Crippen LogP contribution in [-0.2, 0) is 41.6 Å². The van der Waals surface area contributed by atoms with Crippen molar-refractivity contribution < 1.29 is 38.4 Å². The summed E-state index contributed by atoms with van der Waals surface area (Å²) < 4.78 is 21.6. The molecule has 2 aliphatic rings. The largest absolute Gasteiger partial charge is 0.489 e. The predicted octanol–water partition coefficient (Wildman–Crippen LogP) is 1.79. The quantitative estimate of drug-likeness (QED) is 0.392. The zero-order valence-corrected chi connectivity index (χ0v) is 21.7. The standard InChI is InChI=1S/C25H27Cl2N3O8/c26-18-2-1-3-19(27)17(18)13-36-16-6-4-15(5-7-16)12-20(25(33)34)28-23(31)21-22(38-14-37-21)24(32)29-30-8-10-35-11-9-30/h1-7,20-22H,8-14H2,(H,28,31)(H,29,32)(H,33,34). The third-order valence-electron chi connectivity index (χ3n) is 5.99. The van der Waals surface area contributed by atoms with Crippen molar-refractivity contribution in [1.82, 2.24) is 15.8 Å². The first-order valence-electron chi connectivity index (χ1n) is 11.9. The fourth-order valence-corrected chi connectivity index (χ4v) is 4.43. The van der Waals surface area contributed by atoms with Crippen molar-refractivity contribution in [2.75, 3.05) is 33.1 Å². The summed E-state index contributed by atoms with van der Waals surface area (Å²) in [5.41, 5.74) is 3.98. The van der Waals surface area contributed by atoms with Gasteiger partial charge in [0.05, 0.1) is 13.2 Å². The van der Waals surface area contributed by atoms with E-state index >= 15 is 0 Å². The average Bonchev–Trinajstić information content (AvgIpc) is 3.40. The summed E-state index contributed by atoms with van der Waals surface area (Å²) in [6.45, 7) is 1.82. The number of nitrogens with zero attached hydrogens (tertiary/aromatic N) is 1. The summed E-state index contributed by atoms with van der Waals surface area (Å²) in [5.74, 6) is -2.01. The van der Waals surface area contributed by atoms with Gasteiger partial charge in [0.25, 0.3) is 11.8 Å². The second-order valence-corrected chi connectivity index (χ2v) is 9.42. The van der Waals surface area contributed by atoms with Gasteiger partial charge >= 0.3 is 5.97 Å². The Morgan fingerprint density at radius 2 is 1.63 bits per heavy atom. The Kier molecular flexibility index (Phi) is 9.78. The van der Waals surface area contributed by atoms with Crippen LogP contribution in [0.4, 0.5) is 0 Å². The molecule has 0 aromatic heterocycles. The van der Waals surface area contributed by atoms with Crippen LogP contribution in [0.15, 0.2) is 42.5 Å². The smallest absolute Gasteiger partial charge is 0.326 e. The van der Waals surface area contributed by atoms with Crippen LogP contribution in [0.3, 0.4) is 0 Å². The van der Waals surface area contributed by atoms with Crippen molar-refractivity contribution in [2.24, 2.45) is 0 Å². The first-order chi connectivity index (χ1) is 18.3. The number of ether oxygens (including phenoxy) is 4. The van der Waals surface area contributed by atoms with Gasteiger partial charge in [0.15, 0.2) is 12.2 Å². The number of carbonyl (C=O) groups is 3. The van der Waals surface area contributed by atoms with Crippen LogP contribution in [0, 0.1) is 0 Å². The molecule has 0 radical (unpaired) electrons. The molecule has 4 rings (SSSR count). The van der Waals surface area contributed by atoms with E-state index in [2.05, 4.69) is 10.7 Å². The Hall–Kier alpha value is -2.93. The lowest BCUT2D eigenvalue weighted by Gasteiger charge is -2.28. The van der Waals surface area contributed by atoms with Crippen molar-refractivity contribution in [1.29, 1.82) is 0 Å². The lowest BCUT2D eigenvalue weighted by molar-refractivity contribution is -0.145. The number of carbonyl (C=O) groups excluding carboxylic acids is 2. The van der Waals surface area contributed by atoms with Gasteiger partial charge in [0, 0.05) is 35.1 Å². The average molecular weight is 568 g/mol. The van der Waals surface area contributed by atoms with Gasteiger partial charge in [-0.05, 0) is 29.8 Å². The van der Waals surface area contributed by atoms with E-state index in [-0.39, 0.29) is 19.8 Å². The molecule has 0 aliphatic carbocycles. The summed E-state index contributed by atoms with van der Waals surface area (Å²) >= 11 is 12.3. The number of hydrogen-bond donors (Lipinski definition) is 3. The van der Waals surface area contributed by atoms with Crippen LogP contribution >= 0.6 is 23.2 Å². The Morgan fingerprint density at radius 3 is 2.26 bits per heavy atom. The number of rotatable bonds is 10. The first-order valence-corrected chi connectivity index (χ1v) is 12.6. The number of carboxylic acid groups (broad SMARTS) is 1. The summed E-state index contributed by atoms with van der Waals surface area (Å²) in [6.07, 6.45) is -2.50. The van der Waals surface area contributed by atoms with Gasteiger partial charge in [-0.3, -0.25) is 15.0 Å². The zero-order chi connectivity index (χ0) is 27.1. The Bertz CT molecular complexity index is 1120. The molecule has 0 saturated carbocycles. The topological polar surface area (TPSA) is 136 Å². The lowest BCUT2D eigenvalue weighted by Crippen LogP contribution is -2.56. The van der Waals surface area contributed by atoms with Crippen LogP contribution < -0.4 is 15.5 Å². The molecule has 0 bridgehead atoms. The van der Waals surface area contributed by atoms with Crippen LogP contribution in [0.5, 0.6) is 5.75 Å². The number of hydrazine groups is 1. The maximum atomic E-state index is 12.9. The van der Waals surface area contributed by atoms with Crippen molar-refractivity contribution >= 4 is 41.0 Å². The van der Waals surface area contributed by atoms with Crippen LogP contribution in [0.25, 0.3) is 0 Å². The van der Waals surface area contributed by atoms with Crippen LogP contribution in [-0.4, -0.2) is 79.2 Å². The van der Waals surface area contributed by atoms with Gasteiger partial charge in [-0.25, -0.2) is 9.80 Å². The molecule has 3 atom stereocenters. The molecule has 204 valence electrons. The van der Waals surface area contributed by atoms with Crippen molar-refractivity contribution in [3.8, 4) is 5.75 Å². The highest BCUT2D eigenvalue weighted by Crippen LogP contribution is 2.26. The lowest BCUT2D eigenvalue weighted by atomic mass is 10.0. The minimum Gasteiger partial charge on any atom is -0.489 e. The van der Waals surface area contributed by atoms with Gasteiger partial charge in [-0.2, -0.15) is 0 Å². The molecule has 2 aromatic rings. The summed E-state index contributed by atoms with van der Waals surface area (Å²) in [6, 6.07) is 10.7. The van der Waals surface area contributed by atoms with Gasteiger partial charge < -0.3 is 29.4 Å². The molecule has 2 fully saturated rings. The number of halogens is 2. The van der Waals surface area contributed by atoms with Crippen molar-refractivity contribution in [3.05, 3.63) is 63.6 Å². The Labute approximate surface area is 228 Å².